The molecule has 0 amide bonds. The summed E-state index contributed by atoms with van der Waals surface area (Å²) < 4.78 is 5.68. The summed E-state index contributed by atoms with van der Waals surface area (Å²) >= 11 is 6.10. The van der Waals surface area contributed by atoms with Gasteiger partial charge in [0.05, 0.1) is 18.8 Å². The molecule has 0 aromatic heterocycles. The van der Waals surface area contributed by atoms with Gasteiger partial charge in [-0.25, -0.2) is 0 Å². The van der Waals surface area contributed by atoms with Crippen molar-refractivity contribution in [3.63, 3.8) is 0 Å². The lowest BCUT2D eigenvalue weighted by atomic mass is 10.1. The summed E-state index contributed by atoms with van der Waals surface area (Å²) in [4.78, 5) is 2.26. The van der Waals surface area contributed by atoms with Crippen molar-refractivity contribution in [1.29, 1.82) is 0 Å². The van der Waals surface area contributed by atoms with Crippen molar-refractivity contribution in [3.05, 3.63) is 28.8 Å². The summed E-state index contributed by atoms with van der Waals surface area (Å²) in [5.41, 5.74) is 1.73. The molecule has 0 atom stereocenters. The fourth-order valence-corrected chi connectivity index (χ4v) is 2.33. The van der Waals surface area contributed by atoms with Crippen LogP contribution in [0.15, 0.2) is 18.2 Å². The van der Waals surface area contributed by atoms with Gasteiger partial charge in [0, 0.05) is 23.8 Å². The van der Waals surface area contributed by atoms with E-state index in [-0.39, 0.29) is 12.2 Å². The number of morpholine rings is 1. The second-order valence-electron chi connectivity index (χ2n) is 4.96. The maximum Gasteiger partial charge on any atom is 0.0801 e. The first kappa shape index (κ1) is 12.7. The third-order valence-electron chi connectivity index (χ3n) is 3.00. The Morgan fingerprint density at radius 3 is 2.82 bits per heavy atom. The molecular formula is C13H18ClNO2. The fourth-order valence-electron chi connectivity index (χ4n) is 2.10. The number of benzene rings is 1. The van der Waals surface area contributed by atoms with Crippen LogP contribution in [0.4, 0.5) is 5.69 Å². The van der Waals surface area contributed by atoms with E-state index in [4.69, 9.17) is 21.4 Å². The van der Waals surface area contributed by atoms with Crippen LogP contribution in [0, 0.1) is 0 Å². The monoisotopic (exact) mass is 255 g/mol. The topological polar surface area (TPSA) is 32.7 Å². The first-order chi connectivity index (χ1) is 8.02. The summed E-state index contributed by atoms with van der Waals surface area (Å²) in [6.07, 6.45) is 0. The zero-order valence-electron chi connectivity index (χ0n) is 10.2. The van der Waals surface area contributed by atoms with Crippen LogP contribution in [-0.2, 0) is 11.3 Å². The molecule has 0 spiro atoms. The molecule has 1 aromatic rings. The summed E-state index contributed by atoms with van der Waals surface area (Å²) in [5.74, 6) is 0. The maximum atomic E-state index is 9.08. The Labute approximate surface area is 107 Å². The molecule has 3 nitrogen and oxygen atoms in total. The number of aliphatic hydroxyl groups excluding tert-OH is 1. The molecule has 1 fully saturated rings. The Morgan fingerprint density at radius 2 is 2.24 bits per heavy atom. The highest BCUT2D eigenvalue weighted by atomic mass is 35.5. The predicted octanol–water partition coefficient (Wildman–Crippen LogP) is 2.45. The molecule has 1 heterocycles. The van der Waals surface area contributed by atoms with Gasteiger partial charge >= 0.3 is 0 Å². The van der Waals surface area contributed by atoms with Crippen LogP contribution in [0.5, 0.6) is 0 Å². The largest absolute Gasteiger partial charge is 0.392 e. The second kappa shape index (κ2) is 4.84. The smallest absolute Gasteiger partial charge is 0.0801 e. The lowest BCUT2D eigenvalue weighted by Gasteiger charge is -2.39. The van der Waals surface area contributed by atoms with Gasteiger partial charge in [-0.2, -0.15) is 0 Å². The van der Waals surface area contributed by atoms with Crippen LogP contribution in [0.2, 0.25) is 5.02 Å². The minimum atomic E-state index is -0.125. The zero-order chi connectivity index (χ0) is 12.5. The fraction of sp³-hybridized carbons (Fsp3) is 0.538. The van der Waals surface area contributed by atoms with Crippen LogP contribution in [-0.4, -0.2) is 30.4 Å². The molecule has 1 aliphatic rings. The van der Waals surface area contributed by atoms with Crippen molar-refractivity contribution in [2.75, 3.05) is 24.6 Å². The molecule has 1 N–H and O–H groups in total. The summed E-state index contributed by atoms with van der Waals surface area (Å²) in [5, 5.41) is 9.70. The summed E-state index contributed by atoms with van der Waals surface area (Å²) in [7, 11) is 0. The number of halogens is 1. The lowest BCUT2D eigenvalue weighted by Crippen LogP contribution is -2.48. The molecule has 17 heavy (non-hydrogen) atoms. The van der Waals surface area contributed by atoms with Gasteiger partial charge in [-0.15, -0.1) is 0 Å². The van der Waals surface area contributed by atoms with Crippen LogP contribution >= 0.6 is 11.6 Å². The average molecular weight is 256 g/mol. The van der Waals surface area contributed by atoms with Gasteiger partial charge in [0.2, 0.25) is 0 Å². The number of rotatable bonds is 2. The van der Waals surface area contributed by atoms with E-state index in [1.165, 1.54) is 0 Å². The van der Waals surface area contributed by atoms with Crippen LogP contribution in [0.1, 0.15) is 19.4 Å². The van der Waals surface area contributed by atoms with Gasteiger partial charge in [0.25, 0.3) is 0 Å². The number of hydrogen-bond donors (Lipinski definition) is 1. The van der Waals surface area contributed by atoms with Crippen LogP contribution in [0.3, 0.4) is 0 Å². The number of anilines is 1. The minimum Gasteiger partial charge on any atom is -0.392 e. The molecule has 1 aliphatic heterocycles. The third kappa shape index (κ3) is 2.92. The van der Waals surface area contributed by atoms with Crippen LogP contribution < -0.4 is 4.90 Å². The van der Waals surface area contributed by atoms with Gasteiger partial charge in [0.1, 0.15) is 0 Å². The first-order valence-corrected chi connectivity index (χ1v) is 6.18. The molecule has 2 rings (SSSR count). The van der Waals surface area contributed by atoms with Crippen molar-refractivity contribution in [2.24, 2.45) is 0 Å². The zero-order valence-corrected chi connectivity index (χ0v) is 11.0. The van der Waals surface area contributed by atoms with Crippen molar-refractivity contribution in [2.45, 2.75) is 26.1 Å². The second-order valence-corrected chi connectivity index (χ2v) is 5.37. The van der Waals surface area contributed by atoms with Gasteiger partial charge in [-0.1, -0.05) is 17.7 Å². The molecule has 0 unspecified atom stereocenters. The number of nitrogens with zero attached hydrogens (tertiary/aromatic N) is 1. The Balaban J connectivity index is 2.19. The van der Waals surface area contributed by atoms with Gasteiger partial charge in [0.15, 0.2) is 0 Å². The predicted molar refractivity (Wildman–Crippen MR) is 69.6 cm³/mol. The highest BCUT2D eigenvalue weighted by Crippen LogP contribution is 2.27. The molecular weight excluding hydrogens is 238 g/mol. The molecule has 4 heteroatoms. The SMILES string of the molecule is CC1(C)CN(c2ccc(CO)c(Cl)c2)CCO1. The quantitative estimate of drug-likeness (QED) is 0.881. The van der Waals surface area contributed by atoms with E-state index in [1.807, 2.05) is 18.2 Å². The Hall–Kier alpha value is -0.770. The molecule has 94 valence electrons. The number of hydrogen-bond acceptors (Lipinski definition) is 3. The van der Waals surface area contributed by atoms with E-state index in [9.17, 15) is 0 Å². The van der Waals surface area contributed by atoms with E-state index in [0.717, 1.165) is 30.9 Å². The molecule has 0 saturated carbocycles. The minimum absolute atomic E-state index is 0.0201. The lowest BCUT2D eigenvalue weighted by molar-refractivity contribution is -0.0276. The number of ether oxygens (including phenoxy) is 1. The van der Waals surface area contributed by atoms with Crippen molar-refractivity contribution in [3.8, 4) is 0 Å². The van der Waals surface area contributed by atoms with Crippen molar-refractivity contribution < 1.29 is 9.84 Å². The Morgan fingerprint density at radius 1 is 1.47 bits per heavy atom. The molecule has 0 radical (unpaired) electrons. The van der Waals surface area contributed by atoms with Gasteiger partial charge in [-0.05, 0) is 31.5 Å². The third-order valence-corrected chi connectivity index (χ3v) is 3.35. The summed E-state index contributed by atoms with van der Waals surface area (Å²) in [6.45, 7) is 6.60. The average Bonchev–Trinajstić information content (AvgIpc) is 2.27. The summed E-state index contributed by atoms with van der Waals surface area (Å²) in [6, 6.07) is 5.79. The van der Waals surface area contributed by atoms with E-state index in [2.05, 4.69) is 18.7 Å². The normalized spacial score (nSPS) is 19.4. The van der Waals surface area contributed by atoms with Crippen LogP contribution in [0.25, 0.3) is 0 Å². The van der Waals surface area contributed by atoms with Crippen molar-refractivity contribution in [1.82, 2.24) is 0 Å². The maximum absolute atomic E-state index is 9.08. The Kier molecular flexibility index (Phi) is 3.61. The van der Waals surface area contributed by atoms with Gasteiger partial charge in [-0.3, -0.25) is 0 Å². The van der Waals surface area contributed by atoms with E-state index >= 15 is 0 Å². The van der Waals surface area contributed by atoms with Gasteiger partial charge < -0.3 is 14.7 Å². The van der Waals surface area contributed by atoms with E-state index in [1.54, 1.807) is 0 Å². The standard InChI is InChI=1S/C13H18ClNO2/c1-13(2)9-15(5-6-17-13)11-4-3-10(8-16)12(14)7-11/h3-4,7,16H,5-6,8-9H2,1-2H3. The number of aliphatic hydroxyl groups is 1. The molecule has 0 bridgehead atoms. The first-order valence-electron chi connectivity index (χ1n) is 5.80. The highest BCUT2D eigenvalue weighted by molar-refractivity contribution is 6.31. The molecule has 0 aliphatic carbocycles. The Bertz CT molecular complexity index is 406. The van der Waals surface area contributed by atoms with E-state index in [0.29, 0.717) is 5.02 Å². The van der Waals surface area contributed by atoms with E-state index < -0.39 is 0 Å². The van der Waals surface area contributed by atoms with Crippen molar-refractivity contribution >= 4 is 17.3 Å². The molecule has 1 aromatic carbocycles. The molecule has 1 saturated heterocycles. The highest BCUT2D eigenvalue weighted by Gasteiger charge is 2.27.